The Morgan fingerprint density at radius 1 is 0.826 bits per heavy atom. The highest BCUT2D eigenvalue weighted by Crippen LogP contribution is 2.29. The largest absolute Gasteiger partial charge is 0.494 e. The maximum absolute atomic E-state index is 14.5. The minimum absolute atomic E-state index is 0.0129. The number of benzene rings is 4. The van der Waals surface area contributed by atoms with Crippen molar-refractivity contribution in [3.8, 4) is 5.75 Å². The third-order valence-electron chi connectivity index (χ3n) is 7.26. The maximum Gasteiger partial charge on any atom is 0.264 e. The monoisotopic (exact) mass is 681 g/mol. The molecular weight excluding hydrogens is 645 g/mol. The molecule has 0 saturated heterocycles. The van der Waals surface area contributed by atoms with E-state index in [1.54, 1.807) is 60.7 Å². The lowest BCUT2D eigenvalue weighted by Gasteiger charge is -2.34. The second-order valence-electron chi connectivity index (χ2n) is 10.5. The van der Waals surface area contributed by atoms with E-state index in [9.17, 15) is 18.0 Å². The van der Waals surface area contributed by atoms with Crippen LogP contribution in [-0.2, 0) is 32.6 Å². The number of nitrogens with one attached hydrogen (secondary N) is 1. The summed E-state index contributed by atoms with van der Waals surface area (Å²) in [6, 6.07) is 27.7. The third kappa shape index (κ3) is 8.81. The maximum atomic E-state index is 14.5. The van der Waals surface area contributed by atoms with Gasteiger partial charge in [0.15, 0.2) is 0 Å². The van der Waals surface area contributed by atoms with Gasteiger partial charge in [0.05, 0.1) is 17.2 Å². The molecule has 0 saturated carbocycles. The van der Waals surface area contributed by atoms with Gasteiger partial charge in [-0.25, -0.2) is 8.42 Å². The highest BCUT2D eigenvalue weighted by atomic mass is 35.5. The molecule has 4 rings (SSSR count). The minimum atomic E-state index is -4.22. The Balaban J connectivity index is 1.82. The Kier molecular flexibility index (Phi) is 12.5. The molecule has 0 radical (unpaired) electrons. The van der Waals surface area contributed by atoms with Crippen molar-refractivity contribution in [2.75, 3.05) is 24.0 Å². The van der Waals surface area contributed by atoms with Crippen LogP contribution in [0.3, 0.4) is 0 Å². The van der Waals surface area contributed by atoms with Gasteiger partial charge in [-0.15, -0.1) is 0 Å². The van der Waals surface area contributed by atoms with Crippen molar-refractivity contribution < 1.29 is 22.7 Å². The molecule has 0 unspecified atom stereocenters. The normalized spacial score (nSPS) is 11.8. The Morgan fingerprint density at radius 3 is 2.02 bits per heavy atom. The molecule has 242 valence electrons. The van der Waals surface area contributed by atoms with E-state index < -0.39 is 28.5 Å². The van der Waals surface area contributed by atoms with E-state index >= 15 is 0 Å². The van der Waals surface area contributed by atoms with Crippen molar-refractivity contribution in [2.45, 2.75) is 44.2 Å². The van der Waals surface area contributed by atoms with Crippen LogP contribution in [0.25, 0.3) is 0 Å². The van der Waals surface area contributed by atoms with Gasteiger partial charge in [-0.05, 0) is 67.4 Å². The molecule has 4 aromatic rings. The number of nitrogens with zero attached hydrogens (tertiary/aromatic N) is 2. The highest BCUT2D eigenvalue weighted by molar-refractivity contribution is 7.92. The van der Waals surface area contributed by atoms with Gasteiger partial charge < -0.3 is 15.0 Å². The van der Waals surface area contributed by atoms with Crippen LogP contribution in [-0.4, -0.2) is 50.9 Å². The molecule has 8 nitrogen and oxygen atoms in total. The van der Waals surface area contributed by atoms with Crippen LogP contribution in [0.1, 0.15) is 31.4 Å². The van der Waals surface area contributed by atoms with Crippen LogP contribution in [0.15, 0.2) is 108 Å². The third-order valence-corrected chi connectivity index (χ3v) is 9.75. The molecule has 4 aromatic carbocycles. The van der Waals surface area contributed by atoms with Gasteiger partial charge in [-0.2, -0.15) is 0 Å². The van der Waals surface area contributed by atoms with Gasteiger partial charge in [-0.3, -0.25) is 13.9 Å². The molecule has 0 aliphatic carbocycles. The van der Waals surface area contributed by atoms with Crippen molar-refractivity contribution in [3.05, 3.63) is 124 Å². The molecule has 2 amide bonds. The lowest BCUT2D eigenvalue weighted by molar-refractivity contribution is -0.140. The number of hydrogen-bond donors (Lipinski definition) is 1. The second-order valence-corrected chi connectivity index (χ2v) is 13.1. The lowest BCUT2D eigenvalue weighted by atomic mass is 10.0. The number of rotatable bonds is 15. The molecule has 1 N–H and O–H groups in total. The van der Waals surface area contributed by atoms with E-state index in [4.69, 9.17) is 27.9 Å². The molecule has 11 heteroatoms. The summed E-state index contributed by atoms with van der Waals surface area (Å²) in [5.41, 5.74) is 1.52. The minimum Gasteiger partial charge on any atom is -0.494 e. The Hall–Kier alpha value is -4.05. The van der Waals surface area contributed by atoms with E-state index in [1.807, 2.05) is 44.2 Å². The van der Waals surface area contributed by atoms with Crippen LogP contribution in [0, 0.1) is 0 Å². The zero-order valence-electron chi connectivity index (χ0n) is 25.7. The Morgan fingerprint density at radius 2 is 1.43 bits per heavy atom. The molecule has 1 atom stereocenters. The quantitative estimate of drug-likeness (QED) is 0.150. The fourth-order valence-corrected chi connectivity index (χ4v) is 6.85. The highest BCUT2D eigenvalue weighted by Gasteiger charge is 2.35. The van der Waals surface area contributed by atoms with E-state index in [0.717, 1.165) is 9.87 Å². The van der Waals surface area contributed by atoms with Gasteiger partial charge in [0, 0.05) is 35.1 Å². The molecule has 0 spiro atoms. The number of anilines is 1. The van der Waals surface area contributed by atoms with E-state index in [-0.39, 0.29) is 29.5 Å². The van der Waals surface area contributed by atoms with Gasteiger partial charge in [0.25, 0.3) is 10.0 Å². The molecule has 0 aliphatic rings. The Labute approximate surface area is 280 Å². The summed E-state index contributed by atoms with van der Waals surface area (Å²) in [5.74, 6) is -0.433. The number of halogens is 2. The number of carbonyl (C=O) groups excluding carboxylic acids is 2. The number of hydrogen-bond acceptors (Lipinski definition) is 5. The van der Waals surface area contributed by atoms with Crippen molar-refractivity contribution in [2.24, 2.45) is 0 Å². The Bertz CT molecular complexity index is 1690. The molecular formula is C35H37Cl2N3O5S. The topological polar surface area (TPSA) is 96.0 Å². The van der Waals surface area contributed by atoms with Crippen molar-refractivity contribution >= 4 is 50.7 Å². The predicted octanol–water partition coefficient (Wildman–Crippen LogP) is 6.75. The van der Waals surface area contributed by atoms with Gasteiger partial charge in [0.2, 0.25) is 11.8 Å². The summed E-state index contributed by atoms with van der Waals surface area (Å²) in [4.78, 5) is 29.7. The summed E-state index contributed by atoms with van der Waals surface area (Å²) in [7, 11) is -4.22. The zero-order chi connectivity index (χ0) is 33.1. The summed E-state index contributed by atoms with van der Waals surface area (Å²) in [6.07, 6.45) is 0.869. The first-order chi connectivity index (χ1) is 22.1. The van der Waals surface area contributed by atoms with Gasteiger partial charge in [0.1, 0.15) is 18.3 Å². The molecule has 46 heavy (non-hydrogen) atoms. The molecule has 0 aliphatic heterocycles. The van der Waals surface area contributed by atoms with Crippen molar-refractivity contribution in [3.63, 3.8) is 0 Å². The fraction of sp³-hybridized carbons (Fsp3) is 0.257. The van der Waals surface area contributed by atoms with Crippen LogP contribution in [0.2, 0.25) is 10.0 Å². The first-order valence-corrected chi connectivity index (χ1v) is 17.2. The number of ether oxygens (including phenoxy) is 1. The SMILES string of the molecule is CCCNC(=O)[C@H](Cc1ccccc1)N(Cc1c(Cl)cccc1Cl)C(=O)CN(c1ccc(OCC)cc1)S(=O)(=O)c1ccccc1. The van der Waals surface area contributed by atoms with E-state index in [2.05, 4.69) is 5.32 Å². The van der Waals surface area contributed by atoms with Crippen LogP contribution >= 0.6 is 23.2 Å². The van der Waals surface area contributed by atoms with Crippen molar-refractivity contribution in [1.82, 2.24) is 10.2 Å². The fourth-order valence-electron chi connectivity index (χ4n) is 4.90. The first kappa shape index (κ1) is 34.8. The molecule has 0 bridgehead atoms. The zero-order valence-corrected chi connectivity index (χ0v) is 28.1. The summed E-state index contributed by atoms with van der Waals surface area (Å²) < 4.78 is 34.8. The number of sulfonamides is 1. The second kappa shape index (κ2) is 16.5. The number of carbonyl (C=O) groups is 2. The van der Waals surface area contributed by atoms with E-state index in [0.29, 0.717) is 40.9 Å². The average Bonchev–Trinajstić information content (AvgIpc) is 3.06. The molecule has 0 heterocycles. The standard InChI is InChI=1S/C35H37Cl2N3O5S/c1-3-22-38-35(42)33(23-26-12-7-5-8-13-26)39(24-30-31(36)16-11-17-32(30)37)34(41)25-40(27-18-20-28(21-19-27)45-4-2)46(43,44)29-14-9-6-10-15-29/h5-21,33H,3-4,22-25H2,1-2H3,(H,38,42)/t33-/m0/s1. The number of amides is 2. The molecule has 0 fully saturated rings. The van der Waals surface area contributed by atoms with Crippen LogP contribution in [0.5, 0.6) is 5.75 Å². The van der Waals surface area contributed by atoms with Gasteiger partial charge in [-0.1, -0.05) is 84.7 Å². The van der Waals surface area contributed by atoms with E-state index in [1.165, 1.54) is 17.0 Å². The van der Waals surface area contributed by atoms with Crippen LogP contribution < -0.4 is 14.4 Å². The predicted molar refractivity (Wildman–Crippen MR) is 183 cm³/mol. The lowest BCUT2D eigenvalue weighted by Crippen LogP contribution is -2.53. The summed E-state index contributed by atoms with van der Waals surface area (Å²) in [6.45, 7) is 3.89. The average molecular weight is 683 g/mol. The first-order valence-electron chi connectivity index (χ1n) is 15.0. The van der Waals surface area contributed by atoms with Crippen LogP contribution in [0.4, 0.5) is 5.69 Å². The smallest absolute Gasteiger partial charge is 0.264 e. The van der Waals surface area contributed by atoms with Gasteiger partial charge >= 0.3 is 0 Å². The molecule has 0 aromatic heterocycles. The van der Waals surface area contributed by atoms with Crippen molar-refractivity contribution in [1.29, 1.82) is 0 Å². The summed E-state index contributed by atoms with van der Waals surface area (Å²) in [5, 5.41) is 3.55. The summed E-state index contributed by atoms with van der Waals surface area (Å²) >= 11 is 13.1.